The number of alkyl halides is 3. The average Bonchev–Trinajstić information content (AvgIpc) is 2.80. The van der Waals surface area contributed by atoms with Gasteiger partial charge >= 0.3 is 6.18 Å². The Labute approximate surface area is 121 Å². The van der Waals surface area contributed by atoms with E-state index in [-0.39, 0.29) is 5.56 Å². The molecule has 2 aromatic carbocycles. The topological polar surface area (TPSA) is 15.8 Å². The van der Waals surface area contributed by atoms with Crippen molar-refractivity contribution >= 4 is 26.8 Å². The molecule has 0 atom stereocenters. The number of halogens is 4. The van der Waals surface area contributed by atoms with E-state index < -0.39 is 11.7 Å². The summed E-state index contributed by atoms with van der Waals surface area (Å²) in [6, 6.07) is 11.1. The highest BCUT2D eigenvalue weighted by Crippen LogP contribution is 2.39. The summed E-state index contributed by atoms with van der Waals surface area (Å²) in [4.78, 5) is 3.00. The Morgan fingerprint density at radius 2 is 1.70 bits per heavy atom. The summed E-state index contributed by atoms with van der Waals surface area (Å²) in [5, 5.41) is 0.760. The minimum absolute atomic E-state index is 0.185. The fourth-order valence-electron chi connectivity index (χ4n) is 2.28. The molecule has 0 radical (unpaired) electrons. The molecule has 0 aliphatic rings. The van der Waals surface area contributed by atoms with Crippen molar-refractivity contribution < 1.29 is 13.2 Å². The normalized spacial score (nSPS) is 12.0. The zero-order valence-corrected chi connectivity index (χ0v) is 11.7. The van der Waals surface area contributed by atoms with Crippen molar-refractivity contribution in [2.75, 3.05) is 0 Å². The molecule has 0 amide bonds. The van der Waals surface area contributed by atoms with Gasteiger partial charge in [0.1, 0.15) is 0 Å². The molecular formula is C15H9BrF3N. The van der Waals surface area contributed by atoms with Crippen LogP contribution in [0.2, 0.25) is 0 Å². The van der Waals surface area contributed by atoms with Gasteiger partial charge in [0, 0.05) is 27.1 Å². The van der Waals surface area contributed by atoms with E-state index in [1.807, 2.05) is 18.2 Å². The fourth-order valence-corrected chi connectivity index (χ4v) is 2.64. The molecule has 1 nitrogen and oxygen atoms in total. The van der Waals surface area contributed by atoms with Gasteiger partial charge in [-0.15, -0.1) is 0 Å². The van der Waals surface area contributed by atoms with Crippen molar-refractivity contribution in [1.82, 2.24) is 4.98 Å². The van der Waals surface area contributed by atoms with Crippen molar-refractivity contribution in [2.24, 2.45) is 0 Å². The fraction of sp³-hybridized carbons (Fsp3) is 0.0667. The van der Waals surface area contributed by atoms with Crippen molar-refractivity contribution in [3.8, 4) is 11.1 Å². The van der Waals surface area contributed by atoms with Crippen molar-refractivity contribution in [3.63, 3.8) is 0 Å². The quantitative estimate of drug-likeness (QED) is 0.592. The van der Waals surface area contributed by atoms with Crippen LogP contribution in [0.5, 0.6) is 0 Å². The summed E-state index contributed by atoms with van der Waals surface area (Å²) in [6.07, 6.45) is -2.76. The van der Waals surface area contributed by atoms with Gasteiger partial charge in [-0.2, -0.15) is 13.2 Å². The lowest BCUT2D eigenvalue weighted by Gasteiger charge is -2.12. The molecule has 0 aliphatic heterocycles. The van der Waals surface area contributed by atoms with Gasteiger partial charge in [-0.05, 0) is 29.8 Å². The van der Waals surface area contributed by atoms with Gasteiger partial charge < -0.3 is 4.98 Å². The highest BCUT2D eigenvalue weighted by molar-refractivity contribution is 9.10. The lowest BCUT2D eigenvalue weighted by Crippen LogP contribution is -2.06. The summed E-state index contributed by atoms with van der Waals surface area (Å²) in [7, 11) is 0. The third kappa shape index (κ3) is 2.22. The van der Waals surface area contributed by atoms with Gasteiger partial charge in [0.2, 0.25) is 0 Å². The van der Waals surface area contributed by atoms with Crippen molar-refractivity contribution in [1.29, 1.82) is 0 Å². The number of rotatable bonds is 1. The largest absolute Gasteiger partial charge is 0.417 e. The minimum atomic E-state index is -4.37. The molecule has 3 aromatic rings. The summed E-state index contributed by atoms with van der Waals surface area (Å²) in [5.74, 6) is 0. The highest BCUT2D eigenvalue weighted by atomic mass is 79.9. The van der Waals surface area contributed by atoms with Crippen LogP contribution in [-0.2, 0) is 6.18 Å². The molecule has 1 N–H and O–H groups in total. The molecule has 0 fully saturated rings. The molecule has 3 rings (SSSR count). The zero-order chi connectivity index (χ0) is 14.3. The van der Waals surface area contributed by atoms with Crippen LogP contribution in [0.15, 0.2) is 53.1 Å². The number of benzene rings is 2. The first-order chi connectivity index (χ1) is 9.47. The molecule has 0 saturated heterocycles. The number of H-pyrrole nitrogens is 1. The summed E-state index contributed by atoms with van der Waals surface area (Å²) in [5.41, 5.74) is 0.916. The Balaban J connectivity index is 2.29. The molecule has 20 heavy (non-hydrogen) atoms. The van der Waals surface area contributed by atoms with Crippen LogP contribution in [0.25, 0.3) is 22.0 Å². The summed E-state index contributed by atoms with van der Waals surface area (Å²) < 4.78 is 40.1. The van der Waals surface area contributed by atoms with Crippen LogP contribution in [-0.4, -0.2) is 4.98 Å². The van der Waals surface area contributed by atoms with Gasteiger partial charge in [-0.25, -0.2) is 0 Å². The summed E-state index contributed by atoms with van der Waals surface area (Å²) >= 11 is 3.35. The Morgan fingerprint density at radius 1 is 0.950 bits per heavy atom. The lowest BCUT2D eigenvalue weighted by molar-refractivity contribution is -0.137. The minimum Gasteiger partial charge on any atom is -0.361 e. The maximum absolute atomic E-state index is 13.1. The van der Waals surface area contributed by atoms with Gasteiger partial charge in [0.15, 0.2) is 0 Å². The SMILES string of the molecule is FC(F)(F)c1ccccc1-c1c[nH]c2ccc(Br)cc12. The summed E-state index contributed by atoms with van der Waals surface area (Å²) in [6.45, 7) is 0. The van der Waals surface area contributed by atoms with Gasteiger partial charge in [-0.3, -0.25) is 0 Å². The predicted molar refractivity (Wildman–Crippen MR) is 76.4 cm³/mol. The standard InChI is InChI=1S/C15H9BrF3N/c16-9-5-6-14-11(7-9)12(8-20-14)10-3-1-2-4-13(10)15(17,18)19/h1-8,20H. The molecule has 1 heterocycles. The van der Waals surface area contributed by atoms with E-state index >= 15 is 0 Å². The van der Waals surface area contributed by atoms with E-state index in [9.17, 15) is 13.2 Å². The van der Waals surface area contributed by atoms with Crippen LogP contribution in [0.3, 0.4) is 0 Å². The smallest absolute Gasteiger partial charge is 0.361 e. The van der Waals surface area contributed by atoms with Crippen LogP contribution >= 0.6 is 15.9 Å². The number of fused-ring (bicyclic) bond motifs is 1. The second-order valence-corrected chi connectivity index (χ2v) is 5.35. The molecule has 0 spiro atoms. The zero-order valence-electron chi connectivity index (χ0n) is 10.1. The predicted octanol–water partition coefficient (Wildman–Crippen LogP) is 5.62. The molecule has 5 heteroatoms. The van der Waals surface area contributed by atoms with E-state index in [0.717, 1.165) is 21.4 Å². The Morgan fingerprint density at radius 3 is 2.45 bits per heavy atom. The second kappa shape index (κ2) is 4.66. The number of aromatic nitrogens is 1. The molecule has 0 unspecified atom stereocenters. The van der Waals surface area contributed by atoms with E-state index in [2.05, 4.69) is 20.9 Å². The monoisotopic (exact) mass is 339 g/mol. The van der Waals surface area contributed by atoms with Crippen molar-refractivity contribution in [2.45, 2.75) is 6.18 Å². The lowest BCUT2D eigenvalue weighted by atomic mass is 9.99. The number of hydrogen-bond acceptors (Lipinski definition) is 0. The number of aromatic amines is 1. The van der Waals surface area contributed by atoms with Crippen LogP contribution < -0.4 is 0 Å². The van der Waals surface area contributed by atoms with Crippen LogP contribution in [0, 0.1) is 0 Å². The maximum Gasteiger partial charge on any atom is 0.417 e. The molecule has 0 aliphatic carbocycles. The molecule has 102 valence electrons. The van der Waals surface area contributed by atoms with E-state index in [1.165, 1.54) is 12.1 Å². The van der Waals surface area contributed by atoms with E-state index in [0.29, 0.717) is 5.56 Å². The van der Waals surface area contributed by atoms with E-state index in [1.54, 1.807) is 12.3 Å². The molecular weight excluding hydrogens is 331 g/mol. The third-order valence-electron chi connectivity index (χ3n) is 3.17. The maximum atomic E-state index is 13.1. The van der Waals surface area contributed by atoms with Gasteiger partial charge in [0.05, 0.1) is 5.56 Å². The van der Waals surface area contributed by atoms with Gasteiger partial charge in [-0.1, -0.05) is 34.1 Å². The Kier molecular flexibility index (Phi) is 3.09. The van der Waals surface area contributed by atoms with Crippen LogP contribution in [0.1, 0.15) is 5.56 Å². The average molecular weight is 340 g/mol. The first-order valence-corrected chi connectivity index (χ1v) is 6.69. The first kappa shape index (κ1) is 13.2. The van der Waals surface area contributed by atoms with Crippen molar-refractivity contribution in [3.05, 3.63) is 58.7 Å². The Hall–Kier alpha value is -1.75. The first-order valence-electron chi connectivity index (χ1n) is 5.90. The number of hydrogen-bond donors (Lipinski definition) is 1. The second-order valence-electron chi connectivity index (χ2n) is 4.44. The molecule has 0 saturated carbocycles. The van der Waals surface area contributed by atoms with Crippen LogP contribution in [0.4, 0.5) is 13.2 Å². The van der Waals surface area contributed by atoms with Gasteiger partial charge in [0.25, 0.3) is 0 Å². The van der Waals surface area contributed by atoms with E-state index in [4.69, 9.17) is 0 Å². The third-order valence-corrected chi connectivity index (χ3v) is 3.66. The highest BCUT2D eigenvalue weighted by Gasteiger charge is 2.33. The molecule has 1 aromatic heterocycles. The Bertz CT molecular complexity index is 774. The molecule has 0 bridgehead atoms. The number of nitrogens with one attached hydrogen (secondary N) is 1.